The van der Waals surface area contributed by atoms with Gasteiger partial charge in [0.05, 0.1) is 30.4 Å². The topological polar surface area (TPSA) is 56.1 Å². The summed E-state index contributed by atoms with van der Waals surface area (Å²) in [6.07, 6.45) is 9.90. The zero-order valence-electron chi connectivity index (χ0n) is 13.3. The summed E-state index contributed by atoms with van der Waals surface area (Å²) in [5.74, 6) is 0.453. The van der Waals surface area contributed by atoms with Gasteiger partial charge < -0.3 is 9.64 Å². The second kappa shape index (κ2) is 6.98. The molecule has 118 valence electrons. The van der Waals surface area contributed by atoms with Crippen LogP contribution >= 0.6 is 0 Å². The van der Waals surface area contributed by atoms with Crippen LogP contribution in [0.25, 0.3) is 11.3 Å². The van der Waals surface area contributed by atoms with Crippen LogP contribution in [0.1, 0.15) is 24.5 Å². The molecule has 6 heteroatoms. The number of piperidine rings is 1. The molecule has 22 heavy (non-hydrogen) atoms. The minimum absolute atomic E-state index is 0.453. The van der Waals surface area contributed by atoms with Crippen LogP contribution in [-0.4, -0.2) is 58.0 Å². The van der Waals surface area contributed by atoms with Gasteiger partial charge in [0.2, 0.25) is 0 Å². The van der Waals surface area contributed by atoms with Gasteiger partial charge in [0.1, 0.15) is 0 Å². The van der Waals surface area contributed by atoms with Crippen molar-refractivity contribution in [3.63, 3.8) is 0 Å². The van der Waals surface area contributed by atoms with Crippen LogP contribution in [-0.2, 0) is 11.8 Å². The molecule has 1 aliphatic rings. The zero-order valence-corrected chi connectivity index (χ0v) is 13.3. The molecule has 6 nitrogen and oxygen atoms in total. The first kappa shape index (κ1) is 15.1. The molecule has 1 saturated heterocycles. The Balaban J connectivity index is 1.74. The van der Waals surface area contributed by atoms with Gasteiger partial charge in [0.25, 0.3) is 0 Å². The van der Waals surface area contributed by atoms with Crippen molar-refractivity contribution in [3.05, 3.63) is 30.5 Å². The fraction of sp³-hybridized carbons (Fsp3) is 0.562. The van der Waals surface area contributed by atoms with Gasteiger partial charge in [-0.1, -0.05) is 0 Å². The molecule has 1 unspecified atom stereocenters. The van der Waals surface area contributed by atoms with Crippen molar-refractivity contribution < 1.29 is 4.74 Å². The van der Waals surface area contributed by atoms with E-state index in [4.69, 9.17) is 9.72 Å². The summed E-state index contributed by atoms with van der Waals surface area (Å²) in [6, 6.07) is 0. The highest BCUT2D eigenvalue weighted by atomic mass is 16.5. The Morgan fingerprint density at radius 1 is 1.32 bits per heavy atom. The van der Waals surface area contributed by atoms with E-state index < -0.39 is 0 Å². The van der Waals surface area contributed by atoms with Gasteiger partial charge in [-0.15, -0.1) is 0 Å². The molecule has 1 atom stereocenters. The molecule has 3 rings (SSSR count). The van der Waals surface area contributed by atoms with Crippen molar-refractivity contribution in [1.82, 2.24) is 24.6 Å². The van der Waals surface area contributed by atoms with Crippen LogP contribution in [0.4, 0.5) is 0 Å². The Labute approximate surface area is 131 Å². The van der Waals surface area contributed by atoms with E-state index in [0.717, 1.165) is 43.2 Å². The maximum atomic E-state index is 5.19. The number of likely N-dealkylation sites (tertiary alicyclic amines) is 1. The number of hydrogen-bond acceptors (Lipinski definition) is 5. The van der Waals surface area contributed by atoms with Crippen molar-refractivity contribution in [2.45, 2.75) is 18.8 Å². The molecule has 2 aromatic rings. The zero-order chi connectivity index (χ0) is 15.4. The van der Waals surface area contributed by atoms with E-state index in [0.29, 0.717) is 5.92 Å². The van der Waals surface area contributed by atoms with Crippen LogP contribution in [0.2, 0.25) is 0 Å². The van der Waals surface area contributed by atoms with Crippen molar-refractivity contribution in [3.8, 4) is 11.3 Å². The number of nitrogens with zero attached hydrogens (tertiary/aromatic N) is 5. The standard InChI is InChI=1S/C16H23N5O/c1-20-11-14(8-18-20)16-10-17-9-15(19-16)13-4-3-5-21(12-13)6-7-22-2/h8-11,13H,3-7,12H2,1-2H3. The summed E-state index contributed by atoms with van der Waals surface area (Å²) < 4.78 is 6.97. The van der Waals surface area contributed by atoms with Gasteiger partial charge in [-0.3, -0.25) is 9.67 Å². The number of aryl methyl sites for hydroxylation is 1. The normalized spacial score (nSPS) is 19.5. The van der Waals surface area contributed by atoms with Crippen molar-refractivity contribution >= 4 is 0 Å². The molecular weight excluding hydrogens is 278 g/mol. The van der Waals surface area contributed by atoms with Gasteiger partial charge >= 0.3 is 0 Å². The Kier molecular flexibility index (Phi) is 4.80. The predicted octanol–water partition coefficient (Wildman–Crippen LogP) is 1.70. The van der Waals surface area contributed by atoms with Crippen molar-refractivity contribution in [2.24, 2.45) is 7.05 Å². The highest BCUT2D eigenvalue weighted by Gasteiger charge is 2.22. The first-order chi connectivity index (χ1) is 10.8. The Morgan fingerprint density at radius 3 is 3.00 bits per heavy atom. The Hall–Kier alpha value is -1.79. The van der Waals surface area contributed by atoms with Gasteiger partial charge in [-0.25, -0.2) is 4.98 Å². The maximum absolute atomic E-state index is 5.19. The average Bonchev–Trinajstić information content (AvgIpc) is 3.00. The van der Waals surface area contributed by atoms with Crippen LogP contribution in [0, 0.1) is 0 Å². The van der Waals surface area contributed by atoms with Crippen LogP contribution in [0.5, 0.6) is 0 Å². The molecule has 1 fully saturated rings. The number of ether oxygens (including phenoxy) is 1. The Morgan fingerprint density at radius 2 is 2.23 bits per heavy atom. The summed E-state index contributed by atoms with van der Waals surface area (Å²) in [5.41, 5.74) is 3.01. The maximum Gasteiger partial charge on any atom is 0.0920 e. The van der Waals surface area contributed by atoms with Gasteiger partial charge in [0, 0.05) is 51.1 Å². The number of rotatable bonds is 5. The van der Waals surface area contributed by atoms with Gasteiger partial charge in [-0.2, -0.15) is 5.10 Å². The summed E-state index contributed by atoms with van der Waals surface area (Å²) in [6.45, 7) is 3.96. The van der Waals surface area contributed by atoms with Crippen LogP contribution < -0.4 is 0 Å². The largest absolute Gasteiger partial charge is 0.383 e. The smallest absolute Gasteiger partial charge is 0.0920 e. The highest BCUT2D eigenvalue weighted by molar-refractivity contribution is 5.55. The average molecular weight is 301 g/mol. The third-order valence-electron chi connectivity index (χ3n) is 4.19. The molecule has 3 heterocycles. The van der Waals surface area contributed by atoms with Gasteiger partial charge in [0.15, 0.2) is 0 Å². The van der Waals surface area contributed by atoms with E-state index in [2.05, 4.69) is 15.0 Å². The Bertz CT molecular complexity index is 612. The lowest BCUT2D eigenvalue weighted by Gasteiger charge is -2.32. The molecule has 0 amide bonds. The lowest BCUT2D eigenvalue weighted by Crippen LogP contribution is -2.36. The molecule has 2 aromatic heterocycles. The quantitative estimate of drug-likeness (QED) is 0.841. The molecule has 0 spiro atoms. The monoisotopic (exact) mass is 301 g/mol. The number of hydrogen-bond donors (Lipinski definition) is 0. The molecule has 1 aliphatic heterocycles. The second-order valence-corrected chi connectivity index (χ2v) is 5.86. The minimum Gasteiger partial charge on any atom is -0.383 e. The summed E-state index contributed by atoms with van der Waals surface area (Å²) in [4.78, 5) is 11.7. The number of methoxy groups -OCH3 is 1. The third kappa shape index (κ3) is 3.51. The lowest BCUT2D eigenvalue weighted by molar-refractivity contribution is 0.127. The van der Waals surface area contributed by atoms with E-state index in [-0.39, 0.29) is 0 Å². The fourth-order valence-corrected chi connectivity index (χ4v) is 2.99. The molecule has 0 aromatic carbocycles. The summed E-state index contributed by atoms with van der Waals surface area (Å²) in [5, 5.41) is 4.21. The molecule has 0 saturated carbocycles. The lowest BCUT2D eigenvalue weighted by atomic mass is 9.95. The summed E-state index contributed by atoms with van der Waals surface area (Å²) in [7, 11) is 3.67. The van der Waals surface area contributed by atoms with Crippen LogP contribution in [0.3, 0.4) is 0 Å². The first-order valence-corrected chi connectivity index (χ1v) is 7.78. The van der Waals surface area contributed by atoms with Crippen molar-refractivity contribution in [1.29, 1.82) is 0 Å². The molecule has 0 bridgehead atoms. The fourth-order valence-electron chi connectivity index (χ4n) is 2.99. The van der Waals surface area contributed by atoms with Gasteiger partial charge in [-0.05, 0) is 19.4 Å². The molecule has 0 radical (unpaired) electrons. The summed E-state index contributed by atoms with van der Waals surface area (Å²) >= 11 is 0. The van der Waals surface area contributed by atoms with E-state index in [1.165, 1.54) is 12.8 Å². The second-order valence-electron chi connectivity index (χ2n) is 5.86. The first-order valence-electron chi connectivity index (χ1n) is 7.78. The van der Waals surface area contributed by atoms with Crippen molar-refractivity contribution in [2.75, 3.05) is 33.4 Å². The molecule has 0 aliphatic carbocycles. The molecular formula is C16H23N5O. The van der Waals surface area contributed by atoms with Crippen LogP contribution in [0.15, 0.2) is 24.8 Å². The number of aromatic nitrogens is 4. The van der Waals surface area contributed by atoms with E-state index >= 15 is 0 Å². The third-order valence-corrected chi connectivity index (χ3v) is 4.19. The predicted molar refractivity (Wildman–Crippen MR) is 84.5 cm³/mol. The van der Waals surface area contributed by atoms with E-state index in [9.17, 15) is 0 Å². The van der Waals surface area contributed by atoms with E-state index in [1.54, 1.807) is 11.8 Å². The minimum atomic E-state index is 0.453. The highest BCUT2D eigenvalue weighted by Crippen LogP contribution is 2.26. The van der Waals surface area contributed by atoms with E-state index in [1.807, 2.05) is 31.8 Å². The SMILES string of the molecule is COCCN1CCCC(c2cncc(-c3cnn(C)c3)n2)C1. The molecule has 0 N–H and O–H groups in total.